The molecule has 2 aliphatic carbocycles. The van der Waals surface area contributed by atoms with Crippen LogP contribution in [0.2, 0.25) is 0 Å². The van der Waals surface area contributed by atoms with E-state index in [1.807, 2.05) is 0 Å². The van der Waals surface area contributed by atoms with Crippen LogP contribution < -0.4 is 4.72 Å². The highest BCUT2D eigenvalue weighted by Gasteiger charge is 2.46. The molecular formula is C13H19NO2S. The van der Waals surface area contributed by atoms with Crippen LogP contribution in [0, 0.1) is 23.7 Å². The van der Waals surface area contributed by atoms with Crippen LogP contribution in [0.4, 0.5) is 0 Å². The zero-order chi connectivity index (χ0) is 12.5. The number of sulfonamides is 1. The molecule has 1 spiro atoms. The third-order valence-electron chi connectivity index (χ3n) is 4.19. The zero-order valence-corrected chi connectivity index (χ0v) is 10.8. The first-order valence-electron chi connectivity index (χ1n) is 6.09. The largest absolute Gasteiger partial charge is 0.233 e. The van der Waals surface area contributed by atoms with E-state index in [1.165, 1.54) is 0 Å². The highest BCUT2D eigenvalue weighted by molar-refractivity contribution is 7.92. The first-order chi connectivity index (χ1) is 7.99. The Kier molecular flexibility index (Phi) is 3.33. The Balaban J connectivity index is 1.83. The number of hydrogen-bond acceptors (Lipinski definition) is 2. The van der Waals surface area contributed by atoms with Gasteiger partial charge in [-0.1, -0.05) is 6.58 Å². The van der Waals surface area contributed by atoms with Crippen molar-refractivity contribution < 1.29 is 8.42 Å². The van der Waals surface area contributed by atoms with E-state index in [0.29, 0.717) is 11.3 Å². The fourth-order valence-corrected chi connectivity index (χ4v) is 3.88. The molecule has 1 N–H and O–H groups in total. The van der Waals surface area contributed by atoms with Crippen LogP contribution >= 0.6 is 0 Å². The summed E-state index contributed by atoms with van der Waals surface area (Å²) in [6.45, 7) is 3.30. The predicted octanol–water partition coefficient (Wildman–Crippen LogP) is 2.02. The summed E-state index contributed by atoms with van der Waals surface area (Å²) >= 11 is 0. The van der Waals surface area contributed by atoms with Gasteiger partial charge in [0.05, 0.1) is 0 Å². The Morgan fingerprint density at radius 2 is 1.94 bits per heavy atom. The Bertz CT molecular complexity index is 431. The van der Waals surface area contributed by atoms with E-state index in [-0.39, 0.29) is 6.04 Å². The molecule has 0 radical (unpaired) electrons. The van der Waals surface area contributed by atoms with Crippen LogP contribution in [-0.2, 0) is 10.0 Å². The van der Waals surface area contributed by atoms with Gasteiger partial charge in [-0.3, -0.25) is 0 Å². The maximum atomic E-state index is 11.3. The summed E-state index contributed by atoms with van der Waals surface area (Å²) in [6, 6.07) is 0.0976. The molecule has 4 heteroatoms. The zero-order valence-electron chi connectivity index (χ0n) is 9.98. The molecule has 0 amide bonds. The molecule has 0 aromatic rings. The van der Waals surface area contributed by atoms with Crippen molar-refractivity contribution in [2.24, 2.45) is 11.3 Å². The molecule has 0 bridgehead atoms. The van der Waals surface area contributed by atoms with Crippen molar-refractivity contribution in [3.05, 3.63) is 12.0 Å². The maximum Gasteiger partial charge on any atom is 0.233 e. The third kappa shape index (κ3) is 2.72. The topological polar surface area (TPSA) is 46.2 Å². The molecule has 3 nitrogen and oxygen atoms in total. The summed E-state index contributed by atoms with van der Waals surface area (Å²) in [5.41, 5.74) is 0.363. The van der Waals surface area contributed by atoms with Gasteiger partial charge in [0.2, 0.25) is 10.0 Å². The van der Waals surface area contributed by atoms with Crippen LogP contribution in [-0.4, -0.2) is 14.5 Å². The Labute approximate surface area is 104 Å². The predicted molar refractivity (Wildman–Crippen MR) is 68.5 cm³/mol. The average molecular weight is 253 g/mol. The molecule has 2 saturated carbocycles. The van der Waals surface area contributed by atoms with Gasteiger partial charge in [-0.15, -0.1) is 12.3 Å². The van der Waals surface area contributed by atoms with E-state index < -0.39 is 10.0 Å². The number of nitrogens with one attached hydrogen (secondary N) is 1. The fourth-order valence-electron chi connectivity index (χ4n) is 3.15. The minimum atomic E-state index is -3.27. The summed E-state index contributed by atoms with van der Waals surface area (Å²) in [4.78, 5) is 0. The highest BCUT2D eigenvalue weighted by atomic mass is 32.2. The van der Waals surface area contributed by atoms with E-state index in [2.05, 4.69) is 17.2 Å². The summed E-state index contributed by atoms with van der Waals surface area (Å²) in [5.74, 6) is 3.26. The van der Waals surface area contributed by atoms with Gasteiger partial charge < -0.3 is 0 Å². The van der Waals surface area contributed by atoms with Crippen LogP contribution in [0.15, 0.2) is 12.0 Å². The van der Waals surface area contributed by atoms with Gasteiger partial charge in [-0.05, 0) is 43.9 Å². The van der Waals surface area contributed by atoms with Gasteiger partial charge in [-0.25, -0.2) is 13.1 Å². The lowest BCUT2D eigenvalue weighted by atomic mass is 9.57. The molecule has 2 rings (SSSR count). The molecule has 0 aliphatic heterocycles. The molecular weight excluding hydrogens is 234 g/mol. The average Bonchev–Trinajstić information content (AvgIpc) is 2.28. The Morgan fingerprint density at radius 3 is 2.41 bits per heavy atom. The molecule has 0 atom stereocenters. The second kappa shape index (κ2) is 4.47. The quantitative estimate of drug-likeness (QED) is 0.782. The Hall–Kier alpha value is -0.790. The van der Waals surface area contributed by atoms with E-state index in [9.17, 15) is 8.42 Å². The number of rotatable bonds is 3. The van der Waals surface area contributed by atoms with Crippen molar-refractivity contribution in [2.45, 2.75) is 44.6 Å². The van der Waals surface area contributed by atoms with E-state index in [1.54, 1.807) is 0 Å². The van der Waals surface area contributed by atoms with Crippen molar-refractivity contribution >= 4 is 10.0 Å². The second-order valence-corrected chi connectivity index (χ2v) is 7.03. The van der Waals surface area contributed by atoms with Gasteiger partial charge in [0.1, 0.15) is 0 Å². The SMILES string of the molecule is C#CC1CCC2(CC1)CC(NS(=O)(=O)C=C)C2. The van der Waals surface area contributed by atoms with Crippen molar-refractivity contribution in [2.75, 3.05) is 0 Å². The van der Waals surface area contributed by atoms with Gasteiger partial charge >= 0.3 is 0 Å². The maximum absolute atomic E-state index is 11.3. The van der Waals surface area contributed by atoms with E-state index in [0.717, 1.165) is 43.9 Å². The Morgan fingerprint density at radius 1 is 1.35 bits per heavy atom. The minimum Gasteiger partial charge on any atom is -0.209 e. The normalized spacial score (nSPS) is 37.1. The highest BCUT2D eigenvalue weighted by Crippen LogP contribution is 2.52. The first kappa shape index (κ1) is 12.7. The molecule has 0 aromatic carbocycles. The smallest absolute Gasteiger partial charge is 0.209 e. The van der Waals surface area contributed by atoms with Crippen LogP contribution in [0.1, 0.15) is 38.5 Å². The monoisotopic (exact) mass is 253 g/mol. The summed E-state index contributed by atoms with van der Waals surface area (Å²) in [6.07, 6.45) is 11.8. The molecule has 0 heterocycles. The van der Waals surface area contributed by atoms with Crippen LogP contribution in [0.3, 0.4) is 0 Å². The second-order valence-electron chi connectivity index (χ2n) is 5.38. The van der Waals surface area contributed by atoms with Gasteiger partial charge in [-0.2, -0.15) is 0 Å². The standard InChI is InChI=1S/C13H19NO2S/c1-3-11-5-7-13(8-6-11)9-12(10-13)14-17(15,16)4-2/h1,4,11-12,14H,2,5-10H2. The van der Waals surface area contributed by atoms with Gasteiger partial charge in [0, 0.05) is 17.4 Å². The van der Waals surface area contributed by atoms with Crippen molar-refractivity contribution in [1.29, 1.82) is 0 Å². The molecule has 2 aliphatic rings. The molecule has 17 heavy (non-hydrogen) atoms. The lowest BCUT2D eigenvalue weighted by Crippen LogP contribution is -2.51. The molecule has 0 unspecified atom stereocenters. The minimum absolute atomic E-state index is 0.0976. The van der Waals surface area contributed by atoms with Crippen molar-refractivity contribution in [3.8, 4) is 12.3 Å². The molecule has 94 valence electrons. The van der Waals surface area contributed by atoms with Gasteiger partial charge in [0.15, 0.2) is 0 Å². The summed E-state index contributed by atoms with van der Waals surface area (Å²) < 4.78 is 25.3. The first-order valence-corrected chi connectivity index (χ1v) is 7.64. The fraction of sp³-hybridized carbons (Fsp3) is 0.692. The van der Waals surface area contributed by atoms with E-state index in [4.69, 9.17) is 6.42 Å². The molecule has 2 fully saturated rings. The number of hydrogen-bond donors (Lipinski definition) is 1. The lowest BCUT2D eigenvalue weighted by Gasteiger charge is -2.51. The summed E-state index contributed by atoms with van der Waals surface area (Å²) in [5, 5.41) is 0.979. The van der Waals surface area contributed by atoms with Crippen LogP contribution in [0.25, 0.3) is 0 Å². The third-order valence-corrected chi connectivity index (χ3v) is 5.29. The van der Waals surface area contributed by atoms with E-state index >= 15 is 0 Å². The van der Waals surface area contributed by atoms with Crippen molar-refractivity contribution in [3.63, 3.8) is 0 Å². The number of terminal acetylenes is 1. The summed E-state index contributed by atoms with van der Waals surface area (Å²) in [7, 11) is -3.27. The lowest BCUT2D eigenvalue weighted by molar-refractivity contribution is 0.0391. The molecule has 0 aromatic heterocycles. The van der Waals surface area contributed by atoms with Crippen molar-refractivity contribution in [1.82, 2.24) is 4.72 Å². The van der Waals surface area contributed by atoms with Crippen LogP contribution in [0.5, 0.6) is 0 Å². The van der Waals surface area contributed by atoms with Gasteiger partial charge in [0.25, 0.3) is 0 Å². The molecule has 0 saturated heterocycles.